The zero-order valence-electron chi connectivity index (χ0n) is 14.7. The molecular formula is C17H23N3O3S3. The number of nitrogens with zero attached hydrogens (tertiary/aromatic N) is 2. The van der Waals surface area contributed by atoms with Crippen molar-refractivity contribution < 1.29 is 13.2 Å². The van der Waals surface area contributed by atoms with E-state index in [4.69, 9.17) is 0 Å². The molecule has 0 unspecified atom stereocenters. The van der Waals surface area contributed by atoms with Crippen LogP contribution in [0.5, 0.6) is 0 Å². The van der Waals surface area contributed by atoms with Crippen molar-refractivity contribution in [3.05, 3.63) is 28.1 Å². The van der Waals surface area contributed by atoms with Crippen molar-refractivity contribution >= 4 is 43.7 Å². The molecule has 0 atom stereocenters. The van der Waals surface area contributed by atoms with Crippen LogP contribution >= 0.6 is 22.7 Å². The van der Waals surface area contributed by atoms with Gasteiger partial charge < -0.3 is 5.32 Å². The molecule has 9 heteroatoms. The van der Waals surface area contributed by atoms with Gasteiger partial charge in [0.15, 0.2) is 5.13 Å². The molecule has 0 radical (unpaired) electrons. The minimum Gasteiger partial charge on any atom is -0.302 e. The van der Waals surface area contributed by atoms with Crippen LogP contribution in [0, 0.1) is 0 Å². The maximum Gasteiger partial charge on any atom is 0.252 e. The molecule has 142 valence electrons. The highest BCUT2D eigenvalue weighted by molar-refractivity contribution is 7.91. The number of carbonyl (C=O) groups excluding carboxylic acids is 1. The second kappa shape index (κ2) is 8.60. The van der Waals surface area contributed by atoms with Crippen LogP contribution in [0.25, 0.3) is 0 Å². The summed E-state index contributed by atoms with van der Waals surface area (Å²) in [6.45, 7) is 0.308. The van der Waals surface area contributed by atoms with E-state index in [1.54, 1.807) is 35.9 Å². The first-order valence-electron chi connectivity index (χ1n) is 8.75. The second-order valence-electron chi connectivity index (χ2n) is 6.36. The van der Waals surface area contributed by atoms with Crippen LogP contribution in [0.2, 0.25) is 0 Å². The summed E-state index contributed by atoms with van der Waals surface area (Å²) >= 11 is 2.77. The Morgan fingerprint density at radius 2 is 2.12 bits per heavy atom. The van der Waals surface area contributed by atoms with Gasteiger partial charge >= 0.3 is 0 Å². The topological polar surface area (TPSA) is 79.4 Å². The van der Waals surface area contributed by atoms with E-state index in [2.05, 4.69) is 10.3 Å². The van der Waals surface area contributed by atoms with Gasteiger partial charge in [-0.3, -0.25) is 4.79 Å². The van der Waals surface area contributed by atoms with Gasteiger partial charge in [0, 0.05) is 24.9 Å². The van der Waals surface area contributed by atoms with Crippen molar-refractivity contribution in [2.24, 2.45) is 0 Å². The molecule has 1 amide bonds. The summed E-state index contributed by atoms with van der Waals surface area (Å²) in [7, 11) is -1.90. The number of aromatic nitrogens is 1. The number of hydrogen-bond donors (Lipinski definition) is 1. The summed E-state index contributed by atoms with van der Waals surface area (Å²) < 4.78 is 26.3. The van der Waals surface area contributed by atoms with Crippen LogP contribution in [0.1, 0.15) is 42.7 Å². The molecule has 0 fully saturated rings. The number of sulfonamides is 1. The Hall–Kier alpha value is -1.29. The molecule has 6 nitrogen and oxygen atoms in total. The molecule has 1 N–H and O–H groups in total. The molecule has 3 rings (SSSR count). The molecule has 2 heterocycles. The number of fused-ring (bicyclic) bond motifs is 1. The summed E-state index contributed by atoms with van der Waals surface area (Å²) in [5.41, 5.74) is 1.13. The van der Waals surface area contributed by atoms with Gasteiger partial charge in [-0.1, -0.05) is 12.5 Å². The third kappa shape index (κ3) is 4.70. The third-order valence-corrected chi connectivity index (χ3v) is 8.68. The Morgan fingerprint density at radius 1 is 1.31 bits per heavy atom. The van der Waals surface area contributed by atoms with Crippen molar-refractivity contribution in [3.8, 4) is 0 Å². The van der Waals surface area contributed by atoms with E-state index in [1.165, 1.54) is 33.4 Å². The normalized spacial score (nSPS) is 14.8. The van der Waals surface area contributed by atoms with Gasteiger partial charge in [0.2, 0.25) is 5.91 Å². The zero-order chi connectivity index (χ0) is 18.6. The lowest BCUT2D eigenvalue weighted by molar-refractivity contribution is -0.116. The second-order valence-corrected chi connectivity index (χ2v) is 10.7. The monoisotopic (exact) mass is 413 g/mol. The molecule has 2 aromatic heterocycles. The van der Waals surface area contributed by atoms with E-state index in [0.717, 1.165) is 25.0 Å². The lowest BCUT2D eigenvalue weighted by Gasteiger charge is -2.15. The van der Waals surface area contributed by atoms with Gasteiger partial charge in [-0.05, 0) is 43.6 Å². The molecule has 1 aliphatic rings. The van der Waals surface area contributed by atoms with Crippen molar-refractivity contribution in [1.82, 2.24) is 9.29 Å². The predicted molar refractivity (Wildman–Crippen MR) is 105 cm³/mol. The molecule has 0 saturated heterocycles. The highest BCUT2D eigenvalue weighted by Gasteiger charge is 2.21. The van der Waals surface area contributed by atoms with E-state index in [1.807, 2.05) is 0 Å². The molecule has 0 spiro atoms. The lowest BCUT2D eigenvalue weighted by atomic mass is 10.2. The fourth-order valence-corrected chi connectivity index (χ4v) is 6.39. The van der Waals surface area contributed by atoms with Crippen molar-refractivity contribution in [3.63, 3.8) is 0 Å². The van der Waals surface area contributed by atoms with Gasteiger partial charge in [-0.15, -0.1) is 22.7 Å². The Balaban J connectivity index is 1.47. The zero-order valence-corrected chi connectivity index (χ0v) is 17.2. The number of carbonyl (C=O) groups is 1. The number of nitrogens with one attached hydrogen (secondary N) is 1. The molecule has 26 heavy (non-hydrogen) atoms. The first kappa shape index (κ1) is 19.5. The first-order valence-corrected chi connectivity index (χ1v) is 11.9. The minimum absolute atomic E-state index is 0.115. The maximum absolute atomic E-state index is 12.3. The smallest absolute Gasteiger partial charge is 0.252 e. The quantitative estimate of drug-likeness (QED) is 0.705. The molecular weight excluding hydrogens is 390 g/mol. The Labute approximate surface area is 162 Å². The molecule has 0 aromatic carbocycles. The van der Waals surface area contributed by atoms with E-state index < -0.39 is 10.0 Å². The Morgan fingerprint density at radius 3 is 2.88 bits per heavy atom. The van der Waals surface area contributed by atoms with Gasteiger partial charge in [-0.25, -0.2) is 17.7 Å². The largest absolute Gasteiger partial charge is 0.302 e. The first-order chi connectivity index (χ1) is 12.5. The number of thiophene rings is 1. The maximum atomic E-state index is 12.3. The van der Waals surface area contributed by atoms with Crippen molar-refractivity contribution in [1.29, 1.82) is 0 Å². The number of thiazole rings is 1. The van der Waals surface area contributed by atoms with Crippen LogP contribution < -0.4 is 5.32 Å². The summed E-state index contributed by atoms with van der Waals surface area (Å²) in [4.78, 5) is 18.0. The van der Waals surface area contributed by atoms with Crippen molar-refractivity contribution in [2.75, 3.05) is 18.9 Å². The van der Waals surface area contributed by atoms with Gasteiger partial charge in [0.25, 0.3) is 10.0 Å². The molecule has 0 saturated carbocycles. The predicted octanol–water partition coefficient (Wildman–Crippen LogP) is 3.51. The molecule has 0 bridgehead atoms. The number of anilines is 1. The molecule has 2 aromatic rings. The number of amides is 1. The van der Waals surface area contributed by atoms with Crippen LogP contribution in [-0.2, 0) is 27.7 Å². The fraction of sp³-hybridized carbons (Fsp3) is 0.529. The summed E-state index contributed by atoms with van der Waals surface area (Å²) in [6.07, 6.45) is 6.38. The average molecular weight is 414 g/mol. The number of hydrogen-bond acceptors (Lipinski definition) is 6. The highest BCUT2D eigenvalue weighted by atomic mass is 32.2. The van der Waals surface area contributed by atoms with E-state index >= 15 is 0 Å². The number of aryl methyl sites for hydroxylation is 2. The number of rotatable bonds is 7. The van der Waals surface area contributed by atoms with E-state index in [9.17, 15) is 13.2 Å². The van der Waals surface area contributed by atoms with Crippen LogP contribution in [0.3, 0.4) is 0 Å². The van der Waals surface area contributed by atoms with Gasteiger partial charge in [0.1, 0.15) is 4.21 Å². The van der Waals surface area contributed by atoms with Crippen LogP contribution in [0.15, 0.2) is 21.7 Å². The van der Waals surface area contributed by atoms with Crippen LogP contribution in [-0.4, -0.2) is 37.2 Å². The van der Waals surface area contributed by atoms with Crippen LogP contribution in [0.4, 0.5) is 5.13 Å². The Bertz CT molecular complexity index is 820. The summed E-state index contributed by atoms with van der Waals surface area (Å²) in [5.74, 6) is -0.115. The standard InChI is InChI=1S/C17H23N3O3S3/c1-20(26(22,23)16-10-6-12-24-16)11-5-9-15(21)19-17-18-13-7-3-2-4-8-14(13)25-17/h6,10,12H,2-5,7-9,11H2,1H3,(H,18,19,21). The minimum atomic E-state index is -3.45. The SMILES string of the molecule is CN(CCCC(=O)Nc1nc2c(s1)CCCCC2)S(=O)(=O)c1cccs1. The fourth-order valence-electron chi connectivity index (χ4n) is 2.91. The molecule has 1 aliphatic carbocycles. The Kier molecular flexibility index (Phi) is 6.44. The highest BCUT2D eigenvalue weighted by Crippen LogP contribution is 2.29. The van der Waals surface area contributed by atoms with E-state index in [-0.39, 0.29) is 12.3 Å². The summed E-state index contributed by atoms with van der Waals surface area (Å²) in [5, 5.41) is 5.27. The lowest BCUT2D eigenvalue weighted by Crippen LogP contribution is -2.28. The van der Waals surface area contributed by atoms with Gasteiger partial charge in [0.05, 0.1) is 5.69 Å². The third-order valence-electron chi connectivity index (χ3n) is 4.38. The van der Waals surface area contributed by atoms with Crippen molar-refractivity contribution in [2.45, 2.75) is 49.2 Å². The van der Waals surface area contributed by atoms with E-state index in [0.29, 0.717) is 22.3 Å². The summed E-state index contributed by atoms with van der Waals surface area (Å²) in [6, 6.07) is 3.31. The molecule has 0 aliphatic heterocycles. The average Bonchev–Trinajstić information content (AvgIpc) is 3.21. The van der Waals surface area contributed by atoms with Gasteiger partial charge in [-0.2, -0.15) is 0 Å².